The third-order valence-corrected chi connectivity index (χ3v) is 3.20. The van der Waals surface area contributed by atoms with Crippen LogP contribution in [0, 0.1) is 0 Å². The van der Waals surface area contributed by atoms with Crippen molar-refractivity contribution in [2.45, 2.75) is 25.6 Å². The van der Waals surface area contributed by atoms with Gasteiger partial charge in [-0.3, -0.25) is 4.68 Å². The van der Waals surface area contributed by atoms with Crippen molar-refractivity contribution < 1.29 is 5.11 Å². The maximum absolute atomic E-state index is 9.92. The summed E-state index contributed by atoms with van der Waals surface area (Å²) in [5.74, 6) is 0. The van der Waals surface area contributed by atoms with Crippen LogP contribution in [0.15, 0.2) is 42.7 Å². The predicted octanol–water partition coefficient (Wildman–Crippen LogP) is 2.25. The Morgan fingerprint density at radius 2 is 2.26 bits per heavy atom. The van der Waals surface area contributed by atoms with E-state index in [1.54, 1.807) is 10.9 Å². The van der Waals surface area contributed by atoms with E-state index < -0.39 is 6.10 Å². The molecule has 0 fully saturated rings. The van der Waals surface area contributed by atoms with E-state index in [2.05, 4.69) is 10.4 Å². The Balaban J connectivity index is 1.81. The fraction of sp³-hybridized carbons (Fsp3) is 0.357. The number of hydrogen-bond acceptors (Lipinski definition) is 3. The van der Waals surface area contributed by atoms with Crippen molar-refractivity contribution >= 4 is 11.6 Å². The second kappa shape index (κ2) is 6.70. The van der Waals surface area contributed by atoms with Crippen LogP contribution < -0.4 is 5.32 Å². The molecule has 0 aliphatic rings. The first kappa shape index (κ1) is 14.1. The lowest BCUT2D eigenvalue weighted by Crippen LogP contribution is -2.32. The molecule has 0 radical (unpaired) electrons. The van der Waals surface area contributed by atoms with Gasteiger partial charge in [0, 0.05) is 30.0 Å². The number of benzene rings is 1. The van der Waals surface area contributed by atoms with Crippen molar-refractivity contribution in [1.82, 2.24) is 15.1 Å². The third-order valence-electron chi connectivity index (χ3n) is 2.97. The molecule has 2 N–H and O–H groups in total. The van der Waals surface area contributed by atoms with Gasteiger partial charge in [-0.15, -0.1) is 0 Å². The standard InChI is InChI=1S/C14H18ClN3O/c1-11(12-4-2-5-13(15)8-12)16-9-14(19)10-18-7-3-6-17-18/h2-8,11,14,16,19H,9-10H2,1H3/t11-,14?/m1/s1. The number of nitrogens with one attached hydrogen (secondary N) is 1. The van der Waals surface area contributed by atoms with Crippen molar-refractivity contribution in [1.29, 1.82) is 0 Å². The fourth-order valence-electron chi connectivity index (χ4n) is 1.90. The van der Waals surface area contributed by atoms with E-state index >= 15 is 0 Å². The summed E-state index contributed by atoms with van der Waals surface area (Å²) in [6.07, 6.45) is 3.07. The van der Waals surface area contributed by atoms with Crippen molar-refractivity contribution in [3.8, 4) is 0 Å². The zero-order valence-corrected chi connectivity index (χ0v) is 11.6. The molecular weight excluding hydrogens is 262 g/mol. The minimum atomic E-state index is -0.471. The molecule has 1 unspecified atom stereocenters. The van der Waals surface area contributed by atoms with Crippen molar-refractivity contribution in [2.24, 2.45) is 0 Å². The Hall–Kier alpha value is -1.36. The number of aromatic nitrogens is 2. The molecule has 0 spiro atoms. The number of halogens is 1. The average Bonchev–Trinajstić information content (AvgIpc) is 2.88. The third kappa shape index (κ3) is 4.35. The minimum absolute atomic E-state index is 0.144. The number of rotatable bonds is 6. The molecule has 0 aliphatic heterocycles. The highest BCUT2D eigenvalue weighted by molar-refractivity contribution is 6.30. The molecule has 0 bridgehead atoms. The summed E-state index contributed by atoms with van der Waals surface area (Å²) in [5.41, 5.74) is 1.11. The van der Waals surface area contributed by atoms with Crippen molar-refractivity contribution in [3.63, 3.8) is 0 Å². The quantitative estimate of drug-likeness (QED) is 0.853. The van der Waals surface area contributed by atoms with Gasteiger partial charge in [-0.05, 0) is 30.7 Å². The molecule has 2 aromatic rings. The van der Waals surface area contributed by atoms with Gasteiger partial charge in [-0.1, -0.05) is 23.7 Å². The van der Waals surface area contributed by atoms with E-state index in [1.807, 2.05) is 43.5 Å². The van der Waals surface area contributed by atoms with E-state index in [9.17, 15) is 5.11 Å². The Morgan fingerprint density at radius 3 is 2.95 bits per heavy atom. The summed E-state index contributed by atoms with van der Waals surface area (Å²) in [7, 11) is 0. The van der Waals surface area contributed by atoms with Crippen LogP contribution >= 0.6 is 11.6 Å². The lowest BCUT2D eigenvalue weighted by Gasteiger charge is -2.17. The van der Waals surface area contributed by atoms with Gasteiger partial charge in [0.25, 0.3) is 0 Å². The molecule has 2 atom stereocenters. The summed E-state index contributed by atoms with van der Waals surface area (Å²) in [6.45, 7) is 3.04. The molecular formula is C14H18ClN3O. The van der Waals surface area contributed by atoms with E-state index in [0.717, 1.165) is 10.6 Å². The molecule has 1 aromatic carbocycles. The summed E-state index contributed by atoms with van der Waals surface area (Å²) < 4.78 is 1.72. The minimum Gasteiger partial charge on any atom is -0.390 e. The van der Waals surface area contributed by atoms with Gasteiger partial charge < -0.3 is 10.4 Å². The van der Waals surface area contributed by atoms with E-state index in [-0.39, 0.29) is 6.04 Å². The van der Waals surface area contributed by atoms with Gasteiger partial charge in [0.05, 0.1) is 12.6 Å². The van der Waals surface area contributed by atoms with Gasteiger partial charge in [0.1, 0.15) is 0 Å². The van der Waals surface area contributed by atoms with Crippen LogP contribution in [0.1, 0.15) is 18.5 Å². The van der Waals surface area contributed by atoms with Crippen LogP contribution in [0.3, 0.4) is 0 Å². The highest BCUT2D eigenvalue weighted by atomic mass is 35.5. The largest absolute Gasteiger partial charge is 0.390 e. The van der Waals surface area contributed by atoms with Crippen LogP contribution in [0.4, 0.5) is 0 Å². The molecule has 0 aliphatic carbocycles. The second-order valence-corrected chi connectivity index (χ2v) is 5.00. The summed E-state index contributed by atoms with van der Waals surface area (Å²) >= 11 is 5.96. The highest BCUT2D eigenvalue weighted by Crippen LogP contribution is 2.17. The summed E-state index contributed by atoms with van der Waals surface area (Å²) in [4.78, 5) is 0. The lowest BCUT2D eigenvalue weighted by atomic mass is 10.1. The highest BCUT2D eigenvalue weighted by Gasteiger charge is 2.09. The smallest absolute Gasteiger partial charge is 0.0860 e. The Morgan fingerprint density at radius 1 is 1.42 bits per heavy atom. The number of nitrogens with zero attached hydrogens (tertiary/aromatic N) is 2. The normalized spacial score (nSPS) is 14.3. The average molecular weight is 280 g/mol. The molecule has 0 amide bonds. The SMILES string of the molecule is C[C@@H](NCC(O)Cn1cccn1)c1cccc(Cl)c1. The maximum Gasteiger partial charge on any atom is 0.0860 e. The predicted molar refractivity (Wildman–Crippen MR) is 76.1 cm³/mol. The first-order valence-electron chi connectivity index (χ1n) is 6.29. The second-order valence-electron chi connectivity index (χ2n) is 4.57. The molecule has 5 heteroatoms. The van der Waals surface area contributed by atoms with Crippen molar-refractivity contribution in [2.75, 3.05) is 6.54 Å². The molecule has 19 heavy (non-hydrogen) atoms. The van der Waals surface area contributed by atoms with Crippen LogP contribution in [0.2, 0.25) is 5.02 Å². The van der Waals surface area contributed by atoms with E-state index in [4.69, 9.17) is 11.6 Å². The first-order chi connectivity index (χ1) is 9.15. The molecule has 0 saturated carbocycles. The topological polar surface area (TPSA) is 50.1 Å². The zero-order chi connectivity index (χ0) is 13.7. The van der Waals surface area contributed by atoms with Crippen LogP contribution in [0.25, 0.3) is 0 Å². The Labute approximate surface area is 118 Å². The monoisotopic (exact) mass is 279 g/mol. The first-order valence-corrected chi connectivity index (χ1v) is 6.67. The molecule has 4 nitrogen and oxygen atoms in total. The van der Waals surface area contributed by atoms with Crippen LogP contribution in [0.5, 0.6) is 0 Å². The van der Waals surface area contributed by atoms with Crippen LogP contribution in [-0.4, -0.2) is 27.5 Å². The molecule has 102 valence electrons. The Kier molecular flexibility index (Phi) is 4.96. The number of hydrogen-bond donors (Lipinski definition) is 2. The molecule has 2 rings (SSSR count). The van der Waals surface area contributed by atoms with Gasteiger partial charge in [-0.2, -0.15) is 5.10 Å². The van der Waals surface area contributed by atoms with Gasteiger partial charge >= 0.3 is 0 Å². The molecule has 1 heterocycles. The van der Waals surface area contributed by atoms with Gasteiger partial charge in [-0.25, -0.2) is 0 Å². The zero-order valence-electron chi connectivity index (χ0n) is 10.8. The fourth-order valence-corrected chi connectivity index (χ4v) is 2.09. The van der Waals surface area contributed by atoms with E-state index in [1.165, 1.54) is 0 Å². The molecule has 0 saturated heterocycles. The summed E-state index contributed by atoms with van der Waals surface area (Å²) in [6, 6.07) is 9.71. The van der Waals surface area contributed by atoms with Crippen molar-refractivity contribution in [3.05, 3.63) is 53.3 Å². The number of aliphatic hydroxyl groups excluding tert-OH is 1. The molecule has 1 aromatic heterocycles. The lowest BCUT2D eigenvalue weighted by molar-refractivity contribution is 0.143. The maximum atomic E-state index is 9.92. The van der Waals surface area contributed by atoms with E-state index in [0.29, 0.717) is 13.1 Å². The van der Waals surface area contributed by atoms with Gasteiger partial charge in [0.15, 0.2) is 0 Å². The number of aliphatic hydroxyl groups is 1. The Bertz CT molecular complexity index is 501. The summed E-state index contributed by atoms with van der Waals surface area (Å²) in [5, 5.41) is 18.0. The van der Waals surface area contributed by atoms with Gasteiger partial charge in [0.2, 0.25) is 0 Å². The van der Waals surface area contributed by atoms with Crippen LogP contribution in [-0.2, 0) is 6.54 Å².